The average molecular weight is 194 g/mol. The van der Waals surface area contributed by atoms with Crippen LogP contribution in [0.1, 0.15) is 19.7 Å². The van der Waals surface area contributed by atoms with Crippen molar-refractivity contribution in [3.8, 4) is 0 Å². The number of hydrogen-bond donors (Lipinski definition) is 1. The van der Waals surface area contributed by atoms with Crippen molar-refractivity contribution >= 4 is 5.69 Å². The molecule has 0 saturated heterocycles. The standard InChI is InChI=1S/C10H18N4/c1-3-14(4-2)6-5-10-12-7-9(11)8-13-10/h7-8H,3-6,11H2,1-2H3. The van der Waals surface area contributed by atoms with Crippen LogP contribution in [0.5, 0.6) is 0 Å². The first-order chi connectivity index (χ1) is 6.76. The molecule has 0 aliphatic carbocycles. The summed E-state index contributed by atoms with van der Waals surface area (Å²) in [5.74, 6) is 0.867. The van der Waals surface area contributed by atoms with Gasteiger partial charge in [-0.25, -0.2) is 9.97 Å². The quantitative estimate of drug-likeness (QED) is 0.758. The maximum absolute atomic E-state index is 5.50. The SMILES string of the molecule is CCN(CC)CCc1ncc(N)cn1. The van der Waals surface area contributed by atoms with E-state index in [1.165, 1.54) is 0 Å². The molecule has 2 N–H and O–H groups in total. The minimum absolute atomic E-state index is 0.622. The second-order valence-electron chi connectivity index (χ2n) is 3.21. The van der Waals surface area contributed by atoms with Crippen LogP contribution < -0.4 is 5.73 Å². The summed E-state index contributed by atoms with van der Waals surface area (Å²) in [6.07, 6.45) is 4.21. The van der Waals surface area contributed by atoms with Crippen molar-refractivity contribution in [1.82, 2.24) is 14.9 Å². The number of anilines is 1. The zero-order valence-electron chi connectivity index (χ0n) is 8.90. The molecule has 0 saturated carbocycles. The predicted molar refractivity (Wildman–Crippen MR) is 57.9 cm³/mol. The molecule has 1 aromatic heterocycles. The smallest absolute Gasteiger partial charge is 0.129 e. The van der Waals surface area contributed by atoms with Crippen molar-refractivity contribution in [2.45, 2.75) is 20.3 Å². The Morgan fingerprint density at radius 1 is 1.21 bits per heavy atom. The monoisotopic (exact) mass is 194 g/mol. The van der Waals surface area contributed by atoms with Gasteiger partial charge in [0.25, 0.3) is 0 Å². The highest BCUT2D eigenvalue weighted by molar-refractivity contribution is 5.30. The van der Waals surface area contributed by atoms with Crippen molar-refractivity contribution < 1.29 is 0 Å². The van der Waals surface area contributed by atoms with Gasteiger partial charge >= 0.3 is 0 Å². The fraction of sp³-hybridized carbons (Fsp3) is 0.600. The van der Waals surface area contributed by atoms with Crippen LogP contribution >= 0.6 is 0 Å². The van der Waals surface area contributed by atoms with Gasteiger partial charge in [0.2, 0.25) is 0 Å². The second kappa shape index (κ2) is 5.54. The van der Waals surface area contributed by atoms with Gasteiger partial charge in [-0.3, -0.25) is 0 Å². The normalized spacial score (nSPS) is 10.8. The zero-order valence-corrected chi connectivity index (χ0v) is 8.90. The number of likely N-dealkylation sites (N-methyl/N-ethyl adjacent to an activating group) is 1. The molecule has 0 spiro atoms. The Labute approximate surface area is 85.2 Å². The van der Waals surface area contributed by atoms with Crippen molar-refractivity contribution in [2.24, 2.45) is 0 Å². The molecule has 1 rings (SSSR count). The average Bonchev–Trinajstić information content (AvgIpc) is 2.22. The molecule has 1 aromatic rings. The predicted octanol–water partition coefficient (Wildman–Crippen LogP) is 0.943. The van der Waals surface area contributed by atoms with Crippen LogP contribution in [0, 0.1) is 0 Å². The van der Waals surface area contributed by atoms with Crippen molar-refractivity contribution in [1.29, 1.82) is 0 Å². The van der Waals surface area contributed by atoms with Gasteiger partial charge < -0.3 is 10.6 Å². The molecule has 0 bridgehead atoms. The summed E-state index contributed by atoms with van der Waals surface area (Å²) >= 11 is 0. The zero-order chi connectivity index (χ0) is 10.4. The third kappa shape index (κ3) is 3.30. The molecule has 4 heteroatoms. The molecule has 14 heavy (non-hydrogen) atoms. The Morgan fingerprint density at radius 2 is 1.79 bits per heavy atom. The molecule has 4 nitrogen and oxygen atoms in total. The van der Waals surface area contributed by atoms with Crippen LogP contribution in [0.15, 0.2) is 12.4 Å². The highest BCUT2D eigenvalue weighted by atomic mass is 15.1. The Kier molecular flexibility index (Phi) is 4.32. The van der Waals surface area contributed by atoms with E-state index in [0.717, 1.165) is 31.9 Å². The van der Waals surface area contributed by atoms with Gasteiger partial charge in [-0.05, 0) is 13.1 Å². The van der Waals surface area contributed by atoms with E-state index in [-0.39, 0.29) is 0 Å². The van der Waals surface area contributed by atoms with Crippen molar-refractivity contribution in [3.63, 3.8) is 0 Å². The third-order valence-electron chi connectivity index (χ3n) is 2.27. The number of rotatable bonds is 5. The van der Waals surface area contributed by atoms with E-state index in [9.17, 15) is 0 Å². The Morgan fingerprint density at radius 3 is 2.29 bits per heavy atom. The summed E-state index contributed by atoms with van der Waals surface area (Å²) in [5, 5.41) is 0. The van der Waals surface area contributed by atoms with Crippen LogP contribution in [0.2, 0.25) is 0 Å². The number of hydrogen-bond acceptors (Lipinski definition) is 4. The lowest BCUT2D eigenvalue weighted by molar-refractivity contribution is 0.306. The minimum Gasteiger partial charge on any atom is -0.396 e. The van der Waals surface area contributed by atoms with Crippen molar-refractivity contribution in [3.05, 3.63) is 18.2 Å². The highest BCUT2D eigenvalue weighted by Crippen LogP contribution is 1.98. The van der Waals surface area contributed by atoms with Crippen LogP contribution in [0.3, 0.4) is 0 Å². The number of nitrogens with zero attached hydrogens (tertiary/aromatic N) is 3. The highest BCUT2D eigenvalue weighted by Gasteiger charge is 2.01. The van der Waals surface area contributed by atoms with Gasteiger partial charge in [0.15, 0.2) is 0 Å². The lowest BCUT2D eigenvalue weighted by atomic mass is 10.3. The van der Waals surface area contributed by atoms with Gasteiger partial charge in [0, 0.05) is 13.0 Å². The van der Waals surface area contributed by atoms with Crippen molar-refractivity contribution in [2.75, 3.05) is 25.4 Å². The van der Waals surface area contributed by atoms with Crippen LogP contribution in [-0.2, 0) is 6.42 Å². The van der Waals surface area contributed by atoms with Crippen LogP contribution in [0.4, 0.5) is 5.69 Å². The fourth-order valence-corrected chi connectivity index (χ4v) is 1.29. The summed E-state index contributed by atoms with van der Waals surface area (Å²) in [6.45, 7) is 7.48. The number of nitrogen functional groups attached to an aromatic ring is 1. The van der Waals surface area contributed by atoms with E-state index in [4.69, 9.17) is 5.73 Å². The van der Waals surface area contributed by atoms with E-state index in [2.05, 4.69) is 28.7 Å². The summed E-state index contributed by atoms with van der Waals surface area (Å²) in [5.41, 5.74) is 6.12. The lowest BCUT2D eigenvalue weighted by Crippen LogP contribution is -2.25. The summed E-state index contributed by atoms with van der Waals surface area (Å²) in [4.78, 5) is 10.7. The van der Waals surface area contributed by atoms with Gasteiger partial charge in [-0.1, -0.05) is 13.8 Å². The van der Waals surface area contributed by atoms with E-state index in [1.807, 2.05) is 0 Å². The molecule has 0 unspecified atom stereocenters. The van der Waals surface area contributed by atoms with Gasteiger partial charge in [0.05, 0.1) is 18.1 Å². The first-order valence-electron chi connectivity index (χ1n) is 5.05. The number of aromatic nitrogens is 2. The molecule has 0 atom stereocenters. The minimum atomic E-state index is 0.622. The molecule has 0 fully saturated rings. The Hall–Kier alpha value is -1.16. The first kappa shape index (κ1) is 10.9. The second-order valence-corrected chi connectivity index (χ2v) is 3.21. The first-order valence-corrected chi connectivity index (χ1v) is 5.05. The van der Waals surface area contributed by atoms with E-state index in [1.54, 1.807) is 12.4 Å². The molecule has 0 amide bonds. The molecule has 0 aromatic carbocycles. The molecule has 0 radical (unpaired) electrons. The largest absolute Gasteiger partial charge is 0.396 e. The van der Waals surface area contributed by atoms with Gasteiger partial charge in [-0.15, -0.1) is 0 Å². The molecule has 0 aliphatic rings. The summed E-state index contributed by atoms with van der Waals surface area (Å²) < 4.78 is 0. The Balaban J connectivity index is 2.41. The number of nitrogens with two attached hydrogens (primary N) is 1. The van der Waals surface area contributed by atoms with Gasteiger partial charge in [0.1, 0.15) is 5.82 Å². The maximum Gasteiger partial charge on any atom is 0.129 e. The van der Waals surface area contributed by atoms with Gasteiger partial charge in [-0.2, -0.15) is 0 Å². The van der Waals surface area contributed by atoms with E-state index in [0.29, 0.717) is 5.69 Å². The topological polar surface area (TPSA) is 55.0 Å². The molecule has 78 valence electrons. The molecule has 1 heterocycles. The third-order valence-corrected chi connectivity index (χ3v) is 2.27. The molecule has 0 aliphatic heterocycles. The van der Waals surface area contributed by atoms with Crippen LogP contribution in [0.25, 0.3) is 0 Å². The lowest BCUT2D eigenvalue weighted by Gasteiger charge is -2.16. The fourth-order valence-electron chi connectivity index (χ4n) is 1.29. The van der Waals surface area contributed by atoms with E-state index >= 15 is 0 Å². The summed E-state index contributed by atoms with van der Waals surface area (Å²) in [7, 11) is 0. The summed E-state index contributed by atoms with van der Waals surface area (Å²) in [6, 6.07) is 0. The van der Waals surface area contributed by atoms with Crippen LogP contribution in [-0.4, -0.2) is 34.5 Å². The molecular formula is C10H18N4. The van der Waals surface area contributed by atoms with E-state index < -0.39 is 0 Å². The Bertz CT molecular complexity index is 253. The molecular weight excluding hydrogens is 176 g/mol. The maximum atomic E-state index is 5.50.